The Morgan fingerprint density at radius 3 is 2.62 bits per heavy atom. The third-order valence-electron chi connectivity index (χ3n) is 9.23. The van der Waals surface area contributed by atoms with Crippen LogP contribution in [0.25, 0.3) is 0 Å². The minimum absolute atomic E-state index is 0.0433. The molecule has 26 heavy (non-hydrogen) atoms. The predicted molar refractivity (Wildman–Crippen MR) is 93.0 cm³/mol. The maximum atomic E-state index is 15.4. The Kier molecular flexibility index (Phi) is 3.73. The molecule has 0 bridgehead atoms. The molecular formula is C21H31FO4. The number of fused-ring (bicyclic) bond motifs is 6. The molecule has 4 nitrogen and oxygen atoms in total. The van der Waals surface area contributed by atoms with Gasteiger partial charge in [0.2, 0.25) is 0 Å². The number of carbonyl (C=O) groups is 1. The number of rotatable bonds is 0. The fourth-order valence-corrected chi connectivity index (χ4v) is 7.97. The molecule has 0 radical (unpaired) electrons. The number of hydrogen-bond acceptors (Lipinski definition) is 4. The maximum absolute atomic E-state index is 15.4. The Bertz CT molecular complexity index is 617. The van der Waals surface area contributed by atoms with Crippen LogP contribution in [0.4, 0.5) is 4.39 Å². The second-order valence-electron chi connectivity index (χ2n) is 10.1. The molecule has 8 atom stereocenters. The lowest BCUT2D eigenvalue weighted by Crippen LogP contribution is -2.60. The number of alkyl halides is 1. The number of carbonyl (C=O) groups excluding carboxylic acids is 1. The Morgan fingerprint density at radius 2 is 1.88 bits per heavy atom. The largest absolute Gasteiger partial charge is 0.393 e. The second kappa shape index (κ2) is 5.51. The van der Waals surface area contributed by atoms with Gasteiger partial charge < -0.3 is 14.6 Å². The van der Waals surface area contributed by atoms with Crippen LogP contribution in [0.5, 0.6) is 0 Å². The Hall–Kier alpha value is -0.520. The van der Waals surface area contributed by atoms with Crippen LogP contribution in [0.15, 0.2) is 0 Å². The van der Waals surface area contributed by atoms with E-state index in [9.17, 15) is 9.90 Å². The van der Waals surface area contributed by atoms with Gasteiger partial charge >= 0.3 is 0 Å². The lowest BCUT2D eigenvalue weighted by molar-refractivity contribution is -0.251. The number of aliphatic hydroxyl groups is 1. The quantitative estimate of drug-likeness (QED) is 0.715. The lowest BCUT2D eigenvalue weighted by atomic mass is 9.44. The number of ketones is 1. The monoisotopic (exact) mass is 366 g/mol. The molecule has 0 aromatic heterocycles. The van der Waals surface area contributed by atoms with E-state index in [4.69, 9.17) is 9.47 Å². The molecule has 0 aromatic carbocycles. The summed E-state index contributed by atoms with van der Waals surface area (Å²) in [5.74, 6) is -0.0298. The normalized spacial score (nSPS) is 55.5. The molecule has 146 valence electrons. The van der Waals surface area contributed by atoms with Crippen molar-refractivity contribution in [3.8, 4) is 0 Å². The first kappa shape index (κ1) is 17.6. The predicted octanol–water partition coefficient (Wildman–Crippen LogP) is 3.26. The number of Topliss-reactive ketones (excluding diaryl/α,β-unsaturated/α-hetero) is 1. The topological polar surface area (TPSA) is 55.8 Å². The van der Waals surface area contributed by atoms with Gasteiger partial charge in [0.1, 0.15) is 12.0 Å². The molecule has 4 saturated carbocycles. The molecule has 5 heteroatoms. The smallest absolute Gasteiger partial charge is 0.176 e. The molecular weight excluding hydrogens is 335 g/mol. The van der Waals surface area contributed by atoms with Gasteiger partial charge in [0.25, 0.3) is 0 Å². The van der Waals surface area contributed by atoms with E-state index in [-0.39, 0.29) is 34.4 Å². The molecule has 6 unspecified atom stereocenters. The number of hydrogen-bond donors (Lipinski definition) is 1. The van der Waals surface area contributed by atoms with Crippen LogP contribution < -0.4 is 0 Å². The molecule has 0 amide bonds. The zero-order valence-electron chi connectivity index (χ0n) is 15.9. The molecule has 1 saturated heterocycles. The van der Waals surface area contributed by atoms with Crippen molar-refractivity contribution in [1.82, 2.24) is 0 Å². The van der Waals surface area contributed by atoms with Crippen molar-refractivity contribution in [2.75, 3.05) is 13.2 Å². The van der Waals surface area contributed by atoms with E-state index in [1.54, 1.807) is 0 Å². The van der Waals surface area contributed by atoms with Gasteiger partial charge in [0.15, 0.2) is 5.79 Å². The summed E-state index contributed by atoms with van der Waals surface area (Å²) in [5.41, 5.74) is -0.373. The number of aliphatic hydroxyl groups excluding tert-OH is 1. The highest BCUT2D eigenvalue weighted by atomic mass is 19.1. The summed E-state index contributed by atoms with van der Waals surface area (Å²) in [5, 5.41) is 10.9. The molecule has 1 heterocycles. The van der Waals surface area contributed by atoms with E-state index in [0.29, 0.717) is 44.8 Å². The SMILES string of the molecule is CC12CCC(=O)CC1[C@@H](O)CC1C2CC[C@@]2(C)C1C(F)CC21OCCO1. The van der Waals surface area contributed by atoms with Gasteiger partial charge in [-0.15, -0.1) is 0 Å². The zero-order valence-corrected chi connectivity index (χ0v) is 15.9. The van der Waals surface area contributed by atoms with Crippen molar-refractivity contribution in [3.05, 3.63) is 0 Å². The summed E-state index contributed by atoms with van der Waals surface area (Å²) in [6.45, 7) is 5.51. The summed E-state index contributed by atoms with van der Waals surface area (Å²) in [7, 11) is 0. The summed E-state index contributed by atoms with van der Waals surface area (Å²) in [4.78, 5) is 12.0. The van der Waals surface area contributed by atoms with E-state index < -0.39 is 18.1 Å². The second-order valence-corrected chi connectivity index (χ2v) is 10.1. The van der Waals surface area contributed by atoms with Gasteiger partial charge in [0, 0.05) is 30.6 Å². The molecule has 5 fully saturated rings. The first-order valence-electron chi connectivity index (χ1n) is 10.4. The standard InChI is InChI=1S/C21H31FO4/c1-19-5-3-12(23)9-15(19)17(24)10-13-14(19)4-6-20(2)18(13)16(22)11-21(20)25-7-8-26-21/h13-18,24H,3-11H2,1-2H3/t13?,14?,15?,16?,17-,18?,19?,20-/m0/s1. The minimum atomic E-state index is -0.941. The van der Waals surface area contributed by atoms with E-state index in [2.05, 4.69) is 13.8 Å². The van der Waals surface area contributed by atoms with Gasteiger partial charge in [-0.3, -0.25) is 4.79 Å². The highest BCUT2D eigenvalue weighted by molar-refractivity contribution is 5.79. The average molecular weight is 366 g/mol. The van der Waals surface area contributed by atoms with Crippen LogP contribution in [-0.2, 0) is 14.3 Å². The van der Waals surface area contributed by atoms with Crippen LogP contribution in [0.2, 0.25) is 0 Å². The molecule has 0 aromatic rings. The van der Waals surface area contributed by atoms with Crippen LogP contribution >= 0.6 is 0 Å². The van der Waals surface area contributed by atoms with E-state index in [1.807, 2.05) is 0 Å². The Balaban J connectivity index is 1.52. The van der Waals surface area contributed by atoms with Crippen molar-refractivity contribution >= 4 is 5.78 Å². The minimum Gasteiger partial charge on any atom is -0.393 e. The first-order valence-corrected chi connectivity index (χ1v) is 10.4. The molecule has 4 aliphatic carbocycles. The van der Waals surface area contributed by atoms with Crippen LogP contribution in [0, 0.1) is 34.5 Å². The van der Waals surface area contributed by atoms with Crippen molar-refractivity contribution in [2.45, 2.75) is 76.9 Å². The zero-order chi connectivity index (χ0) is 18.3. The highest BCUT2D eigenvalue weighted by Crippen LogP contribution is 2.69. The summed E-state index contributed by atoms with van der Waals surface area (Å²) >= 11 is 0. The van der Waals surface area contributed by atoms with E-state index >= 15 is 4.39 Å². The van der Waals surface area contributed by atoms with Crippen LogP contribution in [0.1, 0.15) is 58.8 Å². The number of ether oxygens (including phenoxy) is 2. The van der Waals surface area contributed by atoms with Gasteiger partial charge in [-0.1, -0.05) is 13.8 Å². The Labute approximate surface area is 154 Å². The van der Waals surface area contributed by atoms with Gasteiger partial charge in [-0.25, -0.2) is 4.39 Å². The third kappa shape index (κ3) is 2.03. The molecule has 5 aliphatic rings. The van der Waals surface area contributed by atoms with Crippen molar-refractivity contribution in [1.29, 1.82) is 0 Å². The Morgan fingerprint density at radius 1 is 1.15 bits per heavy atom. The molecule has 1 spiro atoms. The van der Waals surface area contributed by atoms with Crippen LogP contribution in [0.3, 0.4) is 0 Å². The van der Waals surface area contributed by atoms with E-state index in [0.717, 1.165) is 19.3 Å². The van der Waals surface area contributed by atoms with Gasteiger partial charge in [0.05, 0.1) is 19.3 Å². The van der Waals surface area contributed by atoms with Crippen molar-refractivity contribution in [3.63, 3.8) is 0 Å². The summed E-state index contributed by atoms with van der Waals surface area (Å²) in [6, 6.07) is 0. The summed E-state index contributed by atoms with van der Waals surface area (Å²) in [6.07, 6.45) is 3.38. The first-order chi connectivity index (χ1) is 12.3. The number of halogens is 1. The fraction of sp³-hybridized carbons (Fsp3) is 0.952. The highest BCUT2D eigenvalue weighted by Gasteiger charge is 2.71. The van der Waals surface area contributed by atoms with Crippen molar-refractivity contribution in [2.24, 2.45) is 34.5 Å². The molecule has 1 N–H and O–H groups in total. The maximum Gasteiger partial charge on any atom is 0.176 e. The average Bonchev–Trinajstić information content (AvgIpc) is 3.14. The van der Waals surface area contributed by atoms with Gasteiger partial charge in [-0.05, 0) is 48.9 Å². The van der Waals surface area contributed by atoms with E-state index in [1.165, 1.54) is 0 Å². The van der Waals surface area contributed by atoms with Gasteiger partial charge in [-0.2, -0.15) is 0 Å². The fourth-order valence-electron chi connectivity index (χ4n) is 7.97. The molecule has 5 rings (SSSR count). The lowest BCUT2D eigenvalue weighted by Gasteiger charge is -2.61. The van der Waals surface area contributed by atoms with Crippen LogP contribution in [-0.4, -0.2) is 42.2 Å². The summed E-state index contributed by atoms with van der Waals surface area (Å²) < 4.78 is 27.5. The third-order valence-corrected chi connectivity index (χ3v) is 9.23. The molecule has 1 aliphatic heterocycles. The van der Waals surface area contributed by atoms with Crippen molar-refractivity contribution < 1.29 is 23.8 Å².